The molecule has 0 radical (unpaired) electrons. The number of para-hydroxylation sites is 1. The van der Waals surface area contributed by atoms with E-state index in [2.05, 4.69) is 35.5 Å². The largest absolute Gasteiger partial charge is 0.322 e. The van der Waals surface area contributed by atoms with Gasteiger partial charge in [0.15, 0.2) is 0 Å². The van der Waals surface area contributed by atoms with Crippen molar-refractivity contribution in [3.05, 3.63) is 51.7 Å². The second-order valence-electron chi connectivity index (χ2n) is 6.22. The van der Waals surface area contributed by atoms with Crippen molar-refractivity contribution in [2.75, 3.05) is 31.5 Å². The Balaban J connectivity index is 2.11. The third kappa shape index (κ3) is 5.58. The van der Waals surface area contributed by atoms with E-state index in [9.17, 15) is 4.79 Å². The number of nitrogens with zero attached hydrogens (tertiary/aromatic N) is 2. The summed E-state index contributed by atoms with van der Waals surface area (Å²) in [5.74, 6) is 0. The van der Waals surface area contributed by atoms with Crippen molar-refractivity contribution in [1.29, 1.82) is 0 Å². The number of benzene rings is 1. The van der Waals surface area contributed by atoms with Crippen LogP contribution in [0.15, 0.2) is 35.7 Å². The lowest BCUT2D eigenvalue weighted by Crippen LogP contribution is -2.40. The molecule has 0 aliphatic carbocycles. The van der Waals surface area contributed by atoms with Crippen molar-refractivity contribution >= 4 is 23.1 Å². The van der Waals surface area contributed by atoms with Crippen LogP contribution in [0.2, 0.25) is 0 Å². The number of likely N-dealkylation sites (N-methyl/N-ethyl adjacent to an activating group) is 1. The topological polar surface area (TPSA) is 35.6 Å². The summed E-state index contributed by atoms with van der Waals surface area (Å²) in [5.41, 5.74) is 3.10. The molecule has 1 heterocycles. The number of amides is 2. The highest BCUT2D eigenvalue weighted by atomic mass is 32.1. The molecule has 136 valence electrons. The minimum absolute atomic E-state index is 0.0297. The minimum Gasteiger partial charge on any atom is -0.318 e. The van der Waals surface area contributed by atoms with Gasteiger partial charge in [-0.25, -0.2) is 4.79 Å². The fourth-order valence-corrected chi connectivity index (χ4v) is 3.56. The quantitative estimate of drug-likeness (QED) is 0.739. The van der Waals surface area contributed by atoms with Crippen LogP contribution < -0.4 is 5.32 Å². The molecule has 2 amide bonds. The van der Waals surface area contributed by atoms with Gasteiger partial charge in [-0.3, -0.25) is 0 Å². The van der Waals surface area contributed by atoms with Crippen LogP contribution in [-0.4, -0.2) is 42.0 Å². The Hall–Kier alpha value is -1.85. The molecule has 25 heavy (non-hydrogen) atoms. The maximum Gasteiger partial charge on any atom is 0.322 e. The first kappa shape index (κ1) is 19.5. The first-order chi connectivity index (χ1) is 12.0. The monoisotopic (exact) mass is 359 g/mol. The molecule has 0 atom stereocenters. The first-order valence-electron chi connectivity index (χ1n) is 8.92. The highest BCUT2D eigenvalue weighted by Gasteiger charge is 2.17. The highest BCUT2D eigenvalue weighted by molar-refractivity contribution is 7.09. The lowest BCUT2D eigenvalue weighted by Gasteiger charge is -2.27. The van der Waals surface area contributed by atoms with Crippen molar-refractivity contribution < 1.29 is 4.79 Å². The van der Waals surface area contributed by atoms with Crippen LogP contribution in [0.1, 0.15) is 29.9 Å². The van der Waals surface area contributed by atoms with Gasteiger partial charge >= 0.3 is 6.03 Å². The highest BCUT2D eigenvalue weighted by Crippen LogP contribution is 2.20. The van der Waals surface area contributed by atoms with Crippen LogP contribution in [0.4, 0.5) is 10.5 Å². The fourth-order valence-electron chi connectivity index (χ4n) is 2.84. The molecule has 1 aromatic heterocycles. The number of anilines is 1. The molecular weight excluding hydrogens is 330 g/mol. The van der Waals surface area contributed by atoms with E-state index in [1.807, 2.05) is 43.0 Å². The summed E-state index contributed by atoms with van der Waals surface area (Å²) in [7, 11) is 0. The van der Waals surface area contributed by atoms with Crippen molar-refractivity contribution in [2.45, 2.75) is 34.2 Å². The van der Waals surface area contributed by atoms with Crippen LogP contribution >= 0.6 is 11.3 Å². The summed E-state index contributed by atoms with van der Waals surface area (Å²) in [4.78, 5) is 18.4. The summed E-state index contributed by atoms with van der Waals surface area (Å²) >= 11 is 1.69. The van der Waals surface area contributed by atoms with Gasteiger partial charge in [0.05, 0.1) is 6.54 Å². The Morgan fingerprint density at radius 2 is 1.72 bits per heavy atom. The van der Waals surface area contributed by atoms with Crippen LogP contribution in [0, 0.1) is 13.8 Å². The molecule has 2 rings (SSSR count). The Labute approximate surface area is 155 Å². The molecule has 0 aliphatic heterocycles. The molecular formula is C20H29N3OS. The van der Waals surface area contributed by atoms with E-state index in [1.54, 1.807) is 11.3 Å². The van der Waals surface area contributed by atoms with Crippen molar-refractivity contribution in [3.63, 3.8) is 0 Å². The standard InChI is InChI=1S/C20H29N3OS/c1-5-22(6-2)12-13-23(15-18-11-8-14-25-18)20(24)21-19-16(3)9-7-10-17(19)4/h7-11,14H,5-6,12-13,15H2,1-4H3,(H,21,24). The van der Waals surface area contributed by atoms with E-state index < -0.39 is 0 Å². The Bertz CT molecular complexity index is 645. The molecule has 2 aromatic rings. The van der Waals surface area contributed by atoms with Gasteiger partial charge in [0.1, 0.15) is 0 Å². The molecule has 1 aromatic carbocycles. The predicted molar refractivity (Wildman–Crippen MR) is 107 cm³/mol. The van der Waals surface area contributed by atoms with Crippen molar-refractivity contribution in [2.24, 2.45) is 0 Å². The summed E-state index contributed by atoms with van der Waals surface area (Å²) in [6, 6.07) is 10.2. The molecule has 0 saturated heterocycles. The van der Waals surface area contributed by atoms with Gasteiger partial charge in [-0.2, -0.15) is 0 Å². The lowest BCUT2D eigenvalue weighted by atomic mass is 10.1. The number of hydrogen-bond donors (Lipinski definition) is 1. The number of carbonyl (C=O) groups is 1. The van der Waals surface area contributed by atoms with Gasteiger partial charge in [-0.15, -0.1) is 11.3 Å². The fraction of sp³-hybridized carbons (Fsp3) is 0.450. The number of nitrogens with one attached hydrogen (secondary N) is 1. The molecule has 0 unspecified atom stereocenters. The number of rotatable bonds is 8. The average molecular weight is 360 g/mol. The number of urea groups is 1. The number of hydrogen-bond acceptors (Lipinski definition) is 3. The smallest absolute Gasteiger partial charge is 0.318 e. The summed E-state index contributed by atoms with van der Waals surface area (Å²) in [6.45, 7) is 12.6. The van der Waals surface area contributed by atoms with Gasteiger partial charge in [0, 0.05) is 23.7 Å². The molecule has 5 heteroatoms. The zero-order chi connectivity index (χ0) is 18.2. The SMILES string of the molecule is CCN(CC)CCN(Cc1cccs1)C(=O)Nc1c(C)cccc1C. The Morgan fingerprint density at radius 3 is 2.28 bits per heavy atom. The van der Waals surface area contributed by atoms with Crippen molar-refractivity contribution in [3.8, 4) is 0 Å². The van der Waals surface area contributed by atoms with Gasteiger partial charge < -0.3 is 15.1 Å². The zero-order valence-electron chi connectivity index (χ0n) is 15.7. The molecule has 0 spiro atoms. The Kier molecular flexibility index (Phi) is 7.47. The Morgan fingerprint density at radius 1 is 1.04 bits per heavy atom. The van der Waals surface area contributed by atoms with Gasteiger partial charge in [-0.1, -0.05) is 38.1 Å². The van der Waals surface area contributed by atoms with E-state index in [0.717, 1.165) is 43.0 Å². The molecule has 1 N–H and O–H groups in total. The molecule has 0 aliphatic rings. The third-order valence-electron chi connectivity index (χ3n) is 4.51. The van der Waals surface area contributed by atoms with Gasteiger partial charge in [0.25, 0.3) is 0 Å². The minimum atomic E-state index is -0.0297. The second-order valence-corrected chi connectivity index (χ2v) is 7.26. The van der Waals surface area contributed by atoms with E-state index in [1.165, 1.54) is 4.88 Å². The molecule has 0 saturated carbocycles. The summed E-state index contributed by atoms with van der Waals surface area (Å²) < 4.78 is 0. The number of thiophene rings is 1. The van der Waals surface area contributed by atoms with Gasteiger partial charge in [0.2, 0.25) is 0 Å². The second kappa shape index (κ2) is 9.59. The first-order valence-corrected chi connectivity index (χ1v) is 9.80. The van der Waals surface area contributed by atoms with E-state index >= 15 is 0 Å². The third-order valence-corrected chi connectivity index (χ3v) is 5.37. The van der Waals surface area contributed by atoms with Crippen LogP contribution in [0.25, 0.3) is 0 Å². The van der Waals surface area contributed by atoms with E-state index in [0.29, 0.717) is 6.54 Å². The zero-order valence-corrected chi connectivity index (χ0v) is 16.5. The van der Waals surface area contributed by atoms with Gasteiger partial charge in [-0.05, 0) is 49.5 Å². The summed E-state index contributed by atoms with van der Waals surface area (Å²) in [6.07, 6.45) is 0. The van der Waals surface area contributed by atoms with Crippen LogP contribution in [-0.2, 0) is 6.54 Å². The number of carbonyl (C=O) groups excluding carboxylic acids is 1. The predicted octanol–water partition coefficient (Wildman–Crippen LogP) is 4.74. The molecule has 4 nitrogen and oxygen atoms in total. The number of aryl methyl sites for hydroxylation is 2. The van der Waals surface area contributed by atoms with E-state index in [4.69, 9.17) is 0 Å². The van der Waals surface area contributed by atoms with Crippen LogP contribution in [0.3, 0.4) is 0 Å². The maximum atomic E-state index is 12.9. The normalized spacial score (nSPS) is 10.9. The summed E-state index contributed by atoms with van der Waals surface area (Å²) in [5, 5.41) is 5.18. The maximum absolute atomic E-state index is 12.9. The van der Waals surface area contributed by atoms with E-state index in [-0.39, 0.29) is 6.03 Å². The lowest BCUT2D eigenvalue weighted by molar-refractivity contribution is 0.195. The average Bonchev–Trinajstić information content (AvgIpc) is 3.11. The molecule has 0 fully saturated rings. The van der Waals surface area contributed by atoms with Crippen molar-refractivity contribution in [1.82, 2.24) is 9.80 Å². The molecule has 0 bridgehead atoms. The van der Waals surface area contributed by atoms with Crippen LogP contribution in [0.5, 0.6) is 0 Å².